The van der Waals surface area contributed by atoms with E-state index in [4.69, 9.17) is 36.0 Å². The first-order valence-corrected chi connectivity index (χ1v) is 19.2. The fourth-order valence-corrected chi connectivity index (χ4v) is 6.54. The predicted molar refractivity (Wildman–Crippen MR) is 220 cm³/mol. The highest BCUT2D eigenvalue weighted by atomic mass is 35.5. The van der Waals surface area contributed by atoms with Crippen LogP contribution in [0.25, 0.3) is 22.4 Å². The van der Waals surface area contributed by atoms with Crippen molar-refractivity contribution >= 4 is 23.5 Å². The Morgan fingerprint density at radius 3 is 2.15 bits per heavy atom. The molecule has 0 saturated heterocycles. The Balaban J connectivity index is 1.28. The number of rotatable bonds is 22. The van der Waals surface area contributed by atoms with Crippen LogP contribution in [0.15, 0.2) is 85.3 Å². The van der Waals surface area contributed by atoms with Crippen LogP contribution in [0.4, 0.5) is 0 Å². The van der Waals surface area contributed by atoms with E-state index in [-0.39, 0.29) is 39.3 Å². The summed E-state index contributed by atoms with van der Waals surface area (Å²) in [4.78, 5) is 30.5. The minimum atomic E-state index is -1.10. The first kappa shape index (κ1) is 44.0. The summed E-state index contributed by atoms with van der Waals surface area (Å²) in [5.74, 6) is -0.744. The number of ether oxygens (including phenoxy) is 3. The first-order chi connectivity index (χ1) is 28.4. The van der Waals surface area contributed by atoms with Crippen LogP contribution in [0.1, 0.15) is 46.2 Å². The summed E-state index contributed by atoms with van der Waals surface area (Å²) in [5, 5.41) is 53.1. The average molecular weight is 824 g/mol. The molecule has 0 amide bonds. The van der Waals surface area contributed by atoms with E-state index < -0.39 is 30.6 Å². The van der Waals surface area contributed by atoms with Crippen molar-refractivity contribution < 1.29 is 44.2 Å². The quantitative estimate of drug-likeness (QED) is 0.0453. The minimum Gasteiger partial charge on any atom is -0.491 e. The van der Waals surface area contributed by atoms with E-state index in [1.54, 1.807) is 30.6 Å². The zero-order valence-corrected chi connectivity index (χ0v) is 33.4. The molecule has 0 aliphatic carbocycles. The van der Waals surface area contributed by atoms with Gasteiger partial charge in [-0.15, -0.1) is 0 Å². The maximum atomic E-state index is 11.0. The number of benzene rings is 3. The molecule has 0 aliphatic heterocycles. The van der Waals surface area contributed by atoms with Gasteiger partial charge in [-0.05, 0) is 65.9 Å². The molecule has 2 unspecified atom stereocenters. The molecule has 2 aromatic heterocycles. The number of carbonyl (C=O) groups is 2. The summed E-state index contributed by atoms with van der Waals surface area (Å²) >= 11 is 6.75. The van der Waals surface area contributed by atoms with Gasteiger partial charge in [-0.1, -0.05) is 48.0 Å². The van der Waals surface area contributed by atoms with Crippen molar-refractivity contribution in [1.29, 1.82) is 5.26 Å². The van der Waals surface area contributed by atoms with E-state index in [1.165, 1.54) is 6.20 Å². The number of aromatic nitrogens is 2. The van der Waals surface area contributed by atoms with Gasteiger partial charge < -0.3 is 45.3 Å². The number of aliphatic hydroxyl groups excluding tert-OH is 2. The average Bonchev–Trinajstić information content (AvgIpc) is 3.20. The van der Waals surface area contributed by atoms with Crippen molar-refractivity contribution in [2.75, 3.05) is 26.2 Å². The molecule has 0 aliphatic rings. The topological polar surface area (TPSA) is 216 Å². The van der Waals surface area contributed by atoms with Gasteiger partial charge in [0.15, 0.2) is 0 Å². The second-order valence-corrected chi connectivity index (χ2v) is 14.2. The van der Waals surface area contributed by atoms with Crippen LogP contribution in [-0.2, 0) is 29.3 Å². The molecule has 6 N–H and O–H groups in total. The number of aliphatic carboxylic acids is 2. The molecular formula is C44H46ClN5O9. The Morgan fingerprint density at radius 1 is 0.780 bits per heavy atom. The standard InChI is InChI=1S/C44H46ClN5O9/c1-27-31(26-59-42-17-41(58-25-30-13-29(18-46)19-48-20-30)32(14-39(42)45)21-49-23-34(52)16-44(55)56)5-3-6-36(27)37-7-4-8-38(28(37)2)40-10-9-35(24-50-40)57-12-11-47-22-33(51)15-43(53)54/h3-10,13-14,17,19-20,24,33-34,47,49,51-52H,11-12,15-16,21-23,25-26H2,1-2H3,(H,53,54)(H,55,56). The van der Waals surface area contributed by atoms with Gasteiger partial charge in [0.1, 0.15) is 43.1 Å². The summed E-state index contributed by atoms with van der Waals surface area (Å²) < 4.78 is 18.3. The molecule has 0 spiro atoms. The fourth-order valence-electron chi connectivity index (χ4n) is 6.30. The Labute approximate surface area is 347 Å². The summed E-state index contributed by atoms with van der Waals surface area (Å²) in [7, 11) is 0. The molecule has 0 saturated carbocycles. The summed E-state index contributed by atoms with van der Waals surface area (Å²) in [6, 6.07) is 23.0. The second kappa shape index (κ2) is 21.6. The normalized spacial score (nSPS) is 12.0. The maximum absolute atomic E-state index is 11.0. The van der Waals surface area contributed by atoms with Crippen molar-refractivity contribution in [2.45, 2.75) is 58.7 Å². The molecule has 0 radical (unpaired) electrons. The zero-order chi connectivity index (χ0) is 42.3. The van der Waals surface area contributed by atoms with Gasteiger partial charge in [0.25, 0.3) is 0 Å². The number of nitrogens with one attached hydrogen (secondary N) is 2. The van der Waals surface area contributed by atoms with Crippen molar-refractivity contribution in [1.82, 2.24) is 20.6 Å². The van der Waals surface area contributed by atoms with Crippen LogP contribution in [0.5, 0.6) is 17.2 Å². The van der Waals surface area contributed by atoms with E-state index >= 15 is 0 Å². The molecule has 15 heteroatoms. The Kier molecular flexibility index (Phi) is 16.1. The molecule has 5 aromatic rings. The second-order valence-electron chi connectivity index (χ2n) is 13.8. The van der Waals surface area contributed by atoms with Crippen LogP contribution in [0.2, 0.25) is 5.02 Å². The van der Waals surface area contributed by atoms with Gasteiger partial charge in [0, 0.05) is 61.3 Å². The Bertz CT molecular complexity index is 2270. The molecule has 2 heterocycles. The Hall–Kier alpha value is -6.08. The van der Waals surface area contributed by atoms with E-state index in [1.807, 2.05) is 43.3 Å². The fraction of sp³-hybridized carbons (Fsp3) is 0.295. The van der Waals surface area contributed by atoms with Gasteiger partial charge in [-0.2, -0.15) is 5.26 Å². The van der Waals surface area contributed by atoms with Crippen LogP contribution in [0, 0.1) is 25.2 Å². The molecule has 5 rings (SSSR count). The number of carboxylic acid groups (broad SMARTS) is 2. The van der Waals surface area contributed by atoms with Gasteiger partial charge in [-0.3, -0.25) is 19.6 Å². The molecule has 3 aromatic carbocycles. The smallest absolute Gasteiger partial charge is 0.306 e. The lowest BCUT2D eigenvalue weighted by atomic mass is 9.90. The van der Waals surface area contributed by atoms with Crippen molar-refractivity contribution in [3.63, 3.8) is 0 Å². The van der Waals surface area contributed by atoms with Crippen LogP contribution in [0.3, 0.4) is 0 Å². The molecule has 308 valence electrons. The number of aliphatic hydroxyl groups is 2. The Morgan fingerprint density at radius 2 is 1.46 bits per heavy atom. The van der Waals surface area contributed by atoms with Crippen LogP contribution in [-0.4, -0.2) is 80.8 Å². The summed E-state index contributed by atoms with van der Waals surface area (Å²) in [6.45, 7) is 5.57. The molecule has 59 heavy (non-hydrogen) atoms. The number of hydrogen-bond acceptors (Lipinski definition) is 12. The third-order valence-corrected chi connectivity index (χ3v) is 9.64. The highest BCUT2D eigenvalue weighted by Gasteiger charge is 2.17. The van der Waals surface area contributed by atoms with Gasteiger partial charge in [-0.25, -0.2) is 0 Å². The molecule has 2 atom stereocenters. The van der Waals surface area contributed by atoms with E-state index in [2.05, 4.69) is 45.7 Å². The number of pyridine rings is 2. The van der Waals surface area contributed by atoms with Crippen LogP contribution >= 0.6 is 11.6 Å². The molecular weight excluding hydrogens is 778 g/mol. The molecule has 14 nitrogen and oxygen atoms in total. The lowest BCUT2D eigenvalue weighted by Gasteiger charge is -2.18. The predicted octanol–water partition coefficient (Wildman–Crippen LogP) is 5.84. The third-order valence-electron chi connectivity index (χ3n) is 9.34. The summed E-state index contributed by atoms with van der Waals surface area (Å²) in [6.07, 6.45) is 1.97. The monoisotopic (exact) mass is 823 g/mol. The van der Waals surface area contributed by atoms with Crippen LogP contribution < -0.4 is 24.8 Å². The van der Waals surface area contributed by atoms with Gasteiger partial charge in [0.2, 0.25) is 0 Å². The third kappa shape index (κ3) is 13.0. The van der Waals surface area contributed by atoms with Gasteiger partial charge in [0.05, 0.1) is 47.5 Å². The zero-order valence-electron chi connectivity index (χ0n) is 32.7. The first-order valence-electron chi connectivity index (χ1n) is 18.8. The lowest BCUT2D eigenvalue weighted by Crippen LogP contribution is -2.31. The molecule has 0 bridgehead atoms. The highest BCUT2D eigenvalue weighted by molar-refractivity contribution is 6.32. The number of nitriles is 1. The van der Waals surface area contributed by atoms with E-state index in [9.17, 15) is 25.1 Å². The maximum Gasteiger partial charge on any atom is 0.306 e. The summed E-state index contributed by atoms with van der Waals surface area (Å²) in [5.41, 5.74) is 8.54. The number of nitrogens with zero attached hydrogens (tertiary/aromatic N) is 3. The number of carboxylic acids is 2. The SMILES string of the molecule is Cc1c(COc2cc(OCc3cncc(C#N)c3)c(CNCC(O)CC(=O)O)cc2Cl)cccc1-c1cccc(-c2ccc(OCCNCC(O)CC(=O)O)cn2)c1C. The largest absolute Gasteiger partial charge is 0.491 e. The van der Waals surface area contributed by atoms with Crippen molar-refractivity contribution in [2.24, 2.45) is 0 Å². The highest BCUT2D eigenvalue weighted by Crippen LogP contribution is 2.37. The number of halogens is 1. The van der Waals surface area contributed by atoms with Gasteiger partial charge >= 0.3 is 11.9 Å². The minimum absolute atomic E-state index is 0.0397. The lowest BCUT2D eigenvalue weighted by molar-refractivity contribution is -0.140. The van der Waals surface area contributed by atoms with Crippen molar-refractivity contribution in [3.05, 3.63) is 124 Å². The van der Waals surface area contributed by atoms with Crippen molar-refractivity contribution in [3.8, 4) is 45.7 Å². The van der Waals surface area contributed by atoms with E-state index in [0.29, 0.717) is 52.1 Å². The molecule has 0 fully saturated rings. The van der Waals surface area contributed by atoms with E-state index in [0.717, 1.165) is 39.1 Å². The number of hydrogen-bond donors (Lipinski definition) is 6.